The van der Waals surface area contributed by atoms with Crippen LogP contribution in [0.25, 0.3) is 0 Å². The van der Waals surface area contributed by atoms with Crippen LogP contribution in [0.3, 0.4) is 0 Å². The molecule has 0 aliphatic heterocycles. The highest BCUT2D eigenvalue weighted by Gasteiger charge is 2.13. The first-order chi connectivity index (χ1) is 8.08. The fourth-order valence-corrected chi connectivity index (χ4v) is 2.31. The molecule has 1 atom stereocenters. The fourth-order valence-electron chi connectivity index (χ4n) is 1.75. The van der Waals surface area contributed by atoms with Gasteiger partial charge in [0.25, 0.3) is 0 Å². The first kappa shape index (κ1) is 12.3. The van der Waals surface area contributed by atoms with E-state index in [4.69, 9.17) is 5.73 Å². The number of hydrogen-bond acceptors (Lipinski definition) is 2. The van der Waals surface area contributed by atoms with E-state index < -0.39 is 0 Å². The van der Waals surface area contributed by atoms with Gasteiger partial charge in [0, 0.05) is 19.3 Å². The van der Waals surface area contributed by atoms with Crippen molar-refractivity contribution in [2.24, 2.45) is 12.8 Å². The van der Waals surface area contributed by atoms with Crippen LogP contribution in [0.5, 0.6) is 0 Å². The van der Waals surface area contributed by atoms with Gasteiger partial charge in [-0.25, -0.2) is 4.39 Å². The predicted molar refractivity (Wildman–Crippen MR) is 67.9 cm³/mol. The van der Waals surface area contributed by atoms with E-state index in [2.05, 4.69) is 21.0 Å². The van der Waals surface area contributed by atoms with Gasteiger partial charge in [-0.1, -0.05) is 12.1 Å². The van der Waals surface area contributed by atoms with Gasteiger partial charge in [-0.3, -0.25) is 4.68 Å². The molecule has 2 aromatic rings. The van der Waals surface area contributed by atoms with Crippen molar-refractivity contribution in [1.29, 1.82) is 0 Å². The second-order valence-corrected chi connectivity index (χ2v) is 4.77. The van der Waals surface area contributed by atoms with Gasteiger partial charge in [0.2, 0.25) is 0 Å². The third-order valence-electron chi connectivity index (χ3n) is 2.59. The zero-order valence-electron chi connectivity index (χ0n) is 9.40. The summed E-state index contributed by atoms with van der Waals surface area (Å²) >= 11 is 3.22. The maximum atomic E-state index is 13.4. The average Bonchev–Trinajstić information content (AvgIpc) is 2.68. The highest BCUT2D eigenvalue weighted by atomic mass is 79.9. The number of halogens is 2. The number of hydrogen-bond donors (Lipinski definition) is 1. The molecule has 0 saturated heterocycles. The molecule has 0 aliphatic carbocycles. The Balaban J connectivity index is 2.20. The molecule has 5 heteroatoms. The van der Waals surface area contributed by atoms with E-state index in [9.17, 15) is 4.39 Å². The lowest BCUT2D eigenvalue weighted by Crippen LogP contribution is -2.14. The van der Waals surface area contributed by atoms with Crippen molar-refractivity contribution in [1.82, 2.24) is 9.78 Å². The van der Waals surface area contributed by atoms with Crippen LogP contribution >= 0.6 is 15.9 Å². The van der Waals surface area contributed by atoms with E-state index in [0.717, 1.165) is 11.1 Å². The number of aryl methyl sites for hydroxylation is 1. The van der Waals surface area contributed by atoms with Crippen molar-refractivity contribution in [3.63, 3.8) is 0 Å². The third-order valence-corrected chi connectivity index (χ3v) is 3.43. The Bertz CT molecular complexity index is 524. The molecule has 0 radical (unpaired) electrons. The van der Waals surface area contributed by atoms with Crippen molar-refractivity contribution in [2.75, 3.05) is 0 Å². The standard InChI is InChI=1S/C12H13BrFN3/c1-17-7-8(6-16-17)5-11(15)9-3-2-4-10(14)12(9)13/h2-4,6-7,11H,5,15H2,1H3. The van der Waals surface area contributed by atoms with Crippen LogP contribution in [0, 0.1) is 5.82 Å². The summed E-state index contributed by atoms with van der Waals surface area (Å²) in [6, 6.07) is 4.65. The molecule has 1 heterocycles. The second kappa shape index (κ2) is 4.98. The van der Waals surface area contributed by atoms with Crippen LogP contribution in [0.1, 0.15) is 17.2 Å². The minimum Gasteiger partial charge on any atom is -0.324 e. The molecule has 17 heavy (non-hydrogen) atoms. The molecule has 2 rings (SSSR count). The summed E-state index contributed by atoms with van der Waals surface area (Å²) in [4.78, 5) is 0. The van der Waals surface area contributed by atoms with Crippen LogP contribution in [0.2, 0.25) is 0 Å². The molecule has 0 aliphatic rings. The third kappa shape index (κ3) is 2.73. The van der Waals surface area contributed by atoms with Crippen molar-refractivity contribution in [3.05, 3.63) is 52.0 Å². The Hall–Kier alpha value is -1.20. The number of nitrogens with two attached hydrogens (primary N) is 1. The average molecular weight is 298 g/mol. The number of benzene rings is 1. The Morgan fingerprint density at radius 3 is 2.94 bits per heavy atom. The van der Waals surface area contributed by atoms with Crippen molar-refractivity contribution < 1.29 is 4.39 Å². The number of rotatable bonds is 3. The van der Waals surface area contributed by atoms with Crippen molar-refractivity contribution in [3.8, 4) is 0 Å². The normalized spacial score (nSPS) is 12.7. The van der Waals surface area contributed by atoms with Crippen LogP contribution in [-0.4, -0.2) is 9.78 Å². The van der Waals surface area contributed by atoms with Gasteiger partial charge >= 0.3 is 0 Å². The molecule has 0 bridgehead atoms. The minimum atomic E-state index is -0.288. The molecule has 0 saturated carbocycles. The molecule has 0 fully saturated rings. The van der Waals surface area contributed by atoms with E-state index in [0.29, 0.717) is 10.9 Å². The lowest BCUT2D eigenvalue weighted by atomic mass is 10.0. The Morgan fingerprint density at radius 2 is 2.29 bits per heavy atom. The van der Waals surface area contributed by atoms with Crippen LogP contribution in [-0.2, 0) is 13.5 Å². The Morgan fingerprint density at radius 1 is 1.53 bits per heavy atom. The molecule has 0 amide bonds. The minimum absolute atomic E-state index is 0.246. The molecule has 1 unspecified atom stereocenters. The van der Waals surface area contributed by atoms with Gasteiger partial charge in [0.15, 0.2) is 0 Å². The summed E-state index contributed by atoms with van der Waals surface area (Å²) in [6.45, 7) is 0. The zero-order chi connectivity index (χ0) is 12.4. The molecule has 1 aromatic carbocycles. The predicted octanol–water partition coefficient (Wildman–Crippen LogP) is 2.56. The van der Waals surface area contributed by atoms with E-state index in [1.807, 2.05) is 19.3 Å². The summed E-state index contributed by atoms with van der Waals surface area (Å²) < 4.78 is 15.5. The van der Waals surface area contributed by atoms with Gasteiger partial charge in [-0.05, 0) is 39.5 Å². The van der Waals surface area contributed by atoms with Crippen molar-refractivity contribution >= 4 is 15.9 Å². The van der Waals surface area contributed by atoms with Crippen LogP contribution in [0.15, 0.2) is 35.1 Å². The Kier molecular flexibility index (Phi) is 3.59. The van der Waals surface area contributed by atoms with Gasteiger partial charge in [0.1, 0.15) is 5.82 Å². The lowest BCUT2D eigenvalue weighted by Gasteiger charge is -2.13. The monoisotopic (exact) mass is 297 g/mol. The maximum absolute atomic E-state index is 13.4. The maximum Gasteiger partial charge on any atom is 0.137 e. The highest BCUT2D eigenvalue weighted by molar-refractivity contribution is 9.10. The highest BCUT2D eigenvalue weighted by Crippen LogP contribution is 2.26. The lowest BCUT2D eigenvalue weighted by molar-refractivity contribution is 0.610. The molecule has 1 aromatic heterocycles. The molecular weight excluding hydrogens is 285 g/mol. The van der Waals surface area contributed by atoms with E-state index in [1.54, 1.807) is 16.9 Å². The van der Waals surface area contributed by atoms with Crippen LogP contribution in [0.4, 0.5) is 4.39 Å². The van der Waals surface area contributed by atoms with Gasteiger partial charge in [-0.2, -0.15) is 5.10 Å². The van der Waals surface area contributed by atoms with E-state index >= 15 is 0 Å². The van der Waals surface area contributed by atoms with Crippen molar-refractivity contribution in [2.45, 2.75) is 12.5 Å². The first-order valence-electron chi connectivity index (χ1n) is 5.25. The van der Waals surface area contributed by atoms with Gasteiger partial charge in [-0.15, -0.1) is 0 Å². The molecule has 0 spiro atoms. The number of nitrogens with zero attached hydrogens (tertiary/aromatic N) is 2. The summed E-state index contributed by atoms with van der Waals surface area (Å²) in [7, 11) is 1.85. The quantitative estimate of drug-likeness (QED) is 0.946. The summed E-state index contributed by atoms with van der Waals surface area (Å²) in [5, 5.41) is 4.08. The first-order valence-corrected chi connectivity index (χ1v) is 6.04. The molecule has 3 nitrogen and oxygen atoms in total. The summed E-state index contributed by atoms with van der Waals surface area (Å²) in [6.07, 6.45) is 4.32. The largest absolute Gasteiger partial charge is 0.324 e. The van der Waals surface area contributed by atoms with E-state index in [1.165, 1.54) is 6.07 Å². The topological polar surface area (TPSA) is 43.8 Å². The van der Waals surface area contributed by atoms with Crippen LogP contribution < -0.4 is 5.73 Å². The van der Waals surface area contributed by atoms with Gasteiger partial charge in [0.05, 0.1) is 10.7 Å². The second-order valence-electron chi connectivity index (χ2n) is 3.98. The summed E-state index contributed by atoms with van der Waals surface area (Å²) in [5.41, 5.74) is 7.88. The zero-order valence-corrected chi connectivity index (χ0v) is 11.0. The molecular formula is C12H13BrFN3. The molecule has 90 valence electrons. The Labute approximate surface area is 108 Å². The SMILES string of the molecule is Cn1cc(CC(N)c2cccc(F)c2Br)cn1. The molecule has 2 N–H and O–H groups in total. The number of aromatic nitrogens is 2. The van der Waals surface area contributed by atoms with E-state index in [-0.39, 0.29) is 11.9 Å². The fraction of sp³-hybridized carbons (Fsp3) is 0.250. The van der Waals surface area contributed by atoms with Gasteiger partial charge < -0.3 is 5.73 Å². The summed E-state index contributed by atoms with van der Waals surface area (Å²) in [5.74, 6) is -0.288. The smallest absolute Gasteiger partial charge is 0.137 e.